The zero-order valence-electron chi connectivity index (χ0n) is 17.7. The lowest BCUT2D eigenvalue weighted by Crippen LogP contribution is -2.52. The van der Waals surface area contributed by atoms with Crippen LogP contribution in [0.1, 0.15) is 33.4 Å². The van der Waals surface area contributed by atoms with Gasteiger partial charge < -0.3 is 0 Å². The number of hydrogen-bond acceptors (Lipinski definition) is 0. The Labute approximate surface area is 179 Å². The fourth-order valence-corrected chi connectivity index (χ4v) is 20.2. The van der Waals surface area contributed by atoms with Gasteiger partial charge in [-0.1, -0.05) is 70.2 Å². The zero-order chi connectivity index (χ0) is 20.3. The zero-order valence-corrected chi connectivity index (χ0v) is 21.7. The standard InChI is InChI=1S/C24H27Si4/c1-16-10-7-13-22(19(16)4)25-28(26-23-14-8-11-17(2)20(23)5)27-24-15-9-12-18(3)21(24)6/h7-15H,1-6H3. The second-order valence-electron chi connectivity index (χ2n) is 7.49. The van der Waals surface area contributed by atoms with Gasteiger partial charge in [0.15, 0.2) is 0 Å². The van der Waals surface area contributed by atoms with E-state index in [4.69, 9.17) is 0 Å². The van der Waals surface area contributed by atoms with Gasteiger partial charge in [-0.2, -0.15) is 0 Å². The van der Waals surface area contributed by atoms with Gasteiger partial charge in [-0.25, -0.2) is 0 Å². The van der Waals surface area contributed by atoms with Crippen molar-refractivity contribution in [1.29, 1.82) is 0 Å². The second kappa shape index (κ2) is 9.35. The molecule has 0 bridgehead atoms. The van der Waals surface area contributed by atoms with E-state index in [-0.39, 0.29) is 0 Å². The summed E-state index contributed by atoms with van der Waals surface area (Å²) < 4.78 is 0. The number of benzene rings is 3. The van der Waals surface area contributed by atoms with Gasteiger partial charge in [0.2, 0.25) is 0 Å². The van der Waals surface area contributed by atoms with Gasteiger partial charge in [-0.05, 0) is 74.9 Å². The summed E-state index contributed by atoms with van der Waals surface area (Å²) in [5, 5.41) is 4.76. The van der Waals surface area contributed by atoms with Gasteiger partial charge in [-0.15, -0.1) is 0 Å². The molecule has 0 heterocycles. The molecule has 0 spiro atoms. The van der Waals surface area contributed by atoms with E-state index < -0.39 is 7.35 Å². The molecule has 0 unspecified atom stereocenters. The highest BCUT2D eigenvalue weighted by atomic mass is 29.8. The minimum absolute atomic E-state index is 0.534. The monoisotopic (exact) mass is 427 g/mol. The minimum atomic E-state index is -0.534. The van der Waals surface area contributed by atoms with Crippen LogP contribution in [-0.2, 0) is 0 Å². The van der Waals surface area contributed by atoms with Crippen molar-refractivity contribution in [3.63, 3.8) is 0 Å². The van der Waals surface area contributed by atoms with E-state index in [0.29, 0.717) is 0 Å². The fraction of sp³-hybridized carbons (Fsp3) is 0.250. The molecule has 0 fully saturated rings. The van der Waals surface area contributed by atoms with Gasteiger partial charge in [-0.3, -0.25) is 0 Å². The molecule has 0 saturated heterocycles. The van der Waals surface area contributed by atoms with Crippen molar-refractivity contribution in [3.05, 3.63) is 88.0 Å². The molecule has 0 aliphatic rings. The quantitative estimate of drug-likeness (QED) is 0.531. The molecule has 0 amide bonds. The molecule has 0 N–H and O–H groups in total. The first-order valence-electron chi connectivity index (χ1n) is 9.73. The highest BCUT2D eigenvalue weighted by Gasteiger charge is 2.20. The summed E-state index contributed by atoms with van der Waals surface area (Å²) >= 11 is 0. The van der Waals surface area contributed by atoms with Gasteiger partial charge in [0.05, 0.1) is 27.1 Å². The Kier molecular flexibility index (Phi) is 7.09. The summed E-state index contributed by atoms with van der Waals surface area (Å²) in [5.41, 5.74) is 8.78. The lowest BCUT2D eigenvalue weighted by atomic mass is 10.1. The molecular formula is C24H27Si4. The van der Waals surface area contributed by atoms with Crippen LogP contribution in [0.4, 0.5) is 0 Å². The number of rotatable bonds is 6. The highest BCUT2D eigenvalue weighted by Crippen LogP contribution is 2.06. The second-order valence-corrected chi connectivity index (χ2v) is 21.9. The third kappa shape index (κ3) is 4.92. The first kappa shape index (κ1) is 21.2. The van der Waals surface area contributed by atoms with Crippen LogP contribution in [0, 0.1) is 41.5 Å². The topological polar surface area (TPSA) is 0 Å². The minimum Gasteiger partial charge on any atom is -0.0650 e. The number of aryl methyl sites for hydroxylation is 3. The lowest BCUT2D eigenvalue weighted by molar-refractivity contribution is 1.37. The first-order chi connectivity index (χ1) is 13.4. The van der Waals surface area contributed by atoms with Crippen molar-refractivity contribution in [3.8, 4) is 0 Å². The lowest BCUT2D eigenvalue weighted by Gasteiger charge is -2.19. The summed E-state index contributed by atoms with van der Waals surface area (Å²) in [5.74, 6) is 0. The van der Waals surface area contributed by atoms with Crippen LogP contribution in [0.3, 0.4) is 0 Å². The third-order valence-corrected chi connectivity index (χ3v) is 20.2. The van der Waals surface area contributed by atoms with E-state index in [9.17, 15) is 0 Å². The van der Waals surface area contributed by atoms with Gasteiger partial charge in [0.25, 0.3) is 0 Å². The van der Waals surface area contributed by atoms with Crippen molar-refractivity contribution in [2.75, 3.05) is 0 Å². The van der Waals surface area contributed by atoms with Gasteiger partial charge in [0, 0.05) is 7.35 Å². The Morgan fingerprint density at radius 2 is 0.750 bits per heavy atom. The van der Waals surface area contributed by atoms with E-state index in [1.807, 2.05) is 0 Å². The summed E-state index contributed by atoms with van der Waals surface area (Å²) in [6.45, 7) is 13.7. The molecule has 7 radical (unpaired) electrons. The summed E-state index contributed by atoms with van der Waals surface area (Å²) in [7, 11) is 2.33. The maximum absolute atomic E-state index is 2.37. The van der Waals surface area contributed by atoms with Crippen LogP contribution in [0.25, 0.3) is 0 Å². The Balaban J connectivity index is 1.94. The molecule has 28 heavy (non-hydrogen) atoms. The SMILES string of the molecule is Cc1cccc([Si][Si]([Si]c2cccc(C)c2C)[Si]c2cccc(C)c2C)c1C. The van der Waals surface area contributed by atoms with E-state index >= 15 is 0 Å². The molecule has 0 nitrogen and oxygen atoms in total. The first-order valence-corrected chi connectivity index (χ1v) is 17.2. The van der Waals surface area contributed by atoms with Gasteiger partial charge >= 0.3 is 0 Å². The van der Waals surface area contributed by atoms with Crippen LogP contribution < -0.4 is 15.6 Å². The van der Waals surface area contributed by atoms with Crippen molar-refractivity contribution < 1.29 is 0 Å². The predicted molar refractivity (Wildman–Crippen MR) is 130 cm³/mol. The molecule has 3 aromatic rings. The average molecular weight is 428 g/mol. The summed E-state index contributed by atoms with van der Waals surface area (Å²) in [6, 6.07) is 20.6. The third-order valence-electron chi connectivity index (χ3n) is 5.59. The average Bonchev–Trinajstić information content (AvgIpc) is 2.66. The van der Waals surface area contributed by atoms with Crippen LogP contribution in [0.5, 0.6) is 0 Å². The Bertz CT molecular complexity index is 851. The molecule has 4 heteroatoms. The van der Waals surface area contributed by atoms with Crippen LogP contribution >= 0.6 is 0 Å². The Hall–Kier alpha value is -1.47. The summed E-state index contributed by atoms with van der Waals surface area (Å²) in [6.07, 6.45) is 0. The Morgan fingerprint density at radius 3 is 1.04 bits per heavy atom. The predicted octanol–water partition coefficient (Wildman–Crippen LogP) is 2.91. The van der Waals surface area contributed by atoms with Crippen molar-refractivity contribution in [2.45, 2.75) is 41.5 Å². The molecule has 0 aliphatic carbocycles. The molecular weight excluding hydrogens is 401 g/mol. The van der Waals surface area contributed by atoms with Crippen molar-refractivity contribution in [1.82, 2.24) is 0 Å². The molecule has 0 atom stereocenters. The highest BCUT2D eigenvalue weighted by molar-refractivity contribution is 7.65. The number of hydrogen-bond donors (Lipinski definition) is 0. The van der Waals surface area contributed by atoms with E-state index in [1.165, 1.54) is 33.4 Å². The fourth-order valence-electron chi connectivity index (χ4n) is 3.16. The summed E-state index contributed by atoms with van der Waals surface area (Å²) in [4.78, 5) is 0. The van der Waals surface area contributed by atoms with Crippen LogP contribution in [0.2, 0.25) is 0 Å². The van der Waals surface area contributed by atoms with E-state index in [1.54, 1.807) is 15.6 Å². The maximum atomic E-state index is 2.37. The van der Waals surface area contributed by atoms with Gasteiger partial charge in [0.1, 0.15) is 0 Å². The molecule has 0 saturated carbocycles. The molecule has 139 valence electrons. The smallest absolute Gasteiger partial charge is 0.0622 e. The molecule has 0 aliphatic heterocycles. The molecule has 0 aromatic heterocycles. The largest absolute Gasteiger partial charge is 0.0650 e. The molecule has 3 aromatic carbocycles. The normalized spacial score (nSPS) is 11.2. The van der Waals surface area contributed by atoms with Crippen LogP contribution in [0.15, 0.2) is 54.6 Å². The van der Waals surface area contributed by atoms with E-state index in [0.717, 1.165) is 27.1 Å². The molecule has 3 rings (SSSR count). The van der Waals surface area contributed by atoms with Crippen LogP contribution in [-0.4, -0.2) is 34.5 Å². The maximum Gasteiger partial charge on any atom is 0.0622 e. The van der Waals surface area contributed by atoms with Crippen molar-refractivity contribution >= 4 is 50.0 Å². The Morgan fingerprint density at radius 1 is 0.464 bits per heavy atom. The van der Waals surface area contributed by atoms with E-state index in [2.05, 4.69) is 96.1 Å². The van der Waals surface area contributed by atoms with Crippen molar-refractivity contribution in [2.24, 2.45) is 0 Å².